The third-order valence-electron chi connectivity index (χ3n) is 7.74. The van der Waals surface area contributed by atoms with Crippen molar-refractivity contribution in [3.63, 3.8) is 0 Å². The summed E-state index contributed by atoms with van der Waals surface area (Å²) in [4.78, 5) is 43.2. The number of hydrogen-bond donors (Lipinski definition) is 3. The molecule has 0 bridgehead atoms. The summed E-state index contributed by atoms with van der Waals surface area (Å²) in [6, 6.07) is 2.27. The van der Waals surface area contributed by atoms with Gasteiger partial charge in [0.25, 0.3) is 5.56 Å². The average Bonchev–Trinajstić information content (AvgIpc) is 3.24. The molecule has 3 atom stereocenters. The second-order valence-electron chi connectivity index (χ2n) is 9.78. The van der Waals surface area contributed by atoms with Crippen molar-refractivity contribution in [1.29, 1.82) is 0 Å². The van der Waals surface area contributed by atoms with E-state index in [1.807, 2.05) is 0 Å². The van der Waals surface area contributed by atoms with Gasteiger partial charge in [-0.1, -0.05) is 18.5 Å². The Morgan fingerprint density at radius 2 is 2.11 bits per heavy atom. The maximum Gasteiger partial charge on any atom is 0.343 e. The molecular weight excluding hydrogens is 505 g/mol. The van der Waals surface area contributed by atoms with Crippen LogP contribution >= 0.6 is 11.6 Å². The number of benzene rings is 1. The van der Waals surface area contributed by atoms with Crippen molar-refractivity contribution in [2.75, 3.05) is 0 Å². The van der Waals surface area contributed by atoms with E-state index in [0.717, 1.165) is 0 Å². The Labute approximate surface area is 214 Å². The molecule has 37 heavy (non-hydrogen) atoms. The first-order chi connectivity index (χ1) is 17.6. The Morgan fingerprint density at radius 1 is 1.35 bits per heavy atom. The monoisotopic (exact) mass is 527 g/mol. The van der Waals surface area contributed by atoms with E-state index in [2.05, 4.69) is 5.32 Å². The number of rotatable bonds is 3. The fraction of sp³-hybridized carbons (Fsp3) is 0.385. The number of esters is 1. The second kappa shape index (κ2) is 8.08. The fourth-order valence-electron chi connectivity index (χ4n) is 5.79. The van der Waals surface area contributed by atoms with Crippen molar-refractivity contribution in [2.45, 2.75) is 64.0 Å². The molecule has 3 aliphatic rings. The molecule has 0 saturated heterocycles. The summed E-state index contributed by atoms with van der Waals surface area (Å²) < 4.78 is 21.4. The van der Waals surface area contributed by atoms with Crippen molar-refractivity contribution >= 4 is 34.4 Å². The number of cyclic esters (lactones) is 1. The van der Waals surface area contributed by atoms with Crippen LogP contribution in [0.5, 0.6) is 0 Å². The van der Waals surface area contributed by atoms with Gasteiger partial charge < -0.3 is 24.8 Å². The lowest BCUT2D eigenvalue weighted by molar-refractivity contribution is -0.172. The standard InChI is InChI=1S/C26H23ClFN3O6/c1-3-26(36)14-6-18-22-12(8-31(18)24(34)13(14)9-37-25(26)35)20-16(30-23(33)10(2)32)5-4-11-19(20)17(29-22)7-15(28)21(11)27/h6-7,10,16,32,36H,3-5,8-9H2,1-2H3,(H,30,33)/t10-,16?,26+/m1/s1. The molecule has 192 valence electrons. The minimum absolute atomic E-state index is 0.00546. The van der Waals surface area contributed by atoms with Gasteiger partial charge in [-0.25, -0.2) is 14.2 Å². The molecule has 11 heteroatoms. The highest BCUT2D eigenvalue weighted by Crippen LogP contribution is 2.46. The number of nitrogens with zero attached hydrogens (tertiary/aromatic N) is 2. The van der Waals surface area contributed by atoms with Crippen LogP contribution in [0.15, 0.2) is 16.9 Å². The Bertz CT molecular complexity index is 1620. The van der Waals surface area contributed by atoms with E-state index in [1.54, 1.807) is 13.0 Å². The molecule has 3 aromatic rings. The van der Waals surface area contributed by atoms with Crippen LogP contribution in [-0.2, 0) is 39.5 Å². The number of halogens is 2. The normalized spacial score (nSPS) is 22.2. The first-order valence-corrected chi connectivity index (χ1v) is 12.4. The highest BCUT2D eigenvalue weighted by atomic mass is 35.5. The summed E-state index contributed by atoms with van der Waals surface area (Å²) in [6.45, 7) is 2.84. The summed E-state index contributed by atoms with van der Waals surface area (Å²) in [5.74, 6) is -2.01. The van der Waals surface area contributed by atoms with E-state index in [4.69, 9.17) is 21.3 Å². The third-order valence-corrected chi connectivity index (χ3v) is 8.15. The van der Waals surface area contributed by atoms with Crippen LogP contribution in [0.25, 0.3) is 22.3 Å². The molecule has 1 unspecified atom stereocenters. The lowest BCUT2D eigenvalue weighted by Crippen LogP contribution is -2.44. The first kappa shape index (κ1) is 24.0. The highest BCUT2D eigenvalue weighted by Gasteiger charge is 2.46. The van der Waals surface area contributed by atoms with Gasteiger partial charge in [0.15, 0.2) is 5.60 Å². The molecule has 2 aromatic heterocycles. The van der Waals surface area contributed by atoms with E-state index in [1.165, 1.54) is 17.6 Å². The van der Waals surface area contributed by atoms with Crippen LogP contribution in [0.4, 0.5) is 4.39 Å². The van der Waals surface area contributed by atoms with Crippen LogP contribution < -0.4 is 10.9 Å². The zero-order chi connectivity index (χ0) is 26.4. The lowest BCUT2D eigenvalue weighted by Gasteiger charge is -2.31. The zero-order valence-electron chi connectivity index (χ0n) is 20.0. The summed E-state index contributed by atoms with van der Waals surface area (Å²) in [7, 11) is 0. The number of nitrogens with one attached hydrogen (secondary N) is 1. The predicted octanol–water partition coefficient (Wildman–Crippen LogP) is 2.36. The van der Waals surface area contributed by atoms with E-state index >= 15 is 0 Å². The van der Waals surface area contributed by atoms with Gasteiger partial charge in [-0.2, -0.15) is 0 Å². The van der Waals surface area contributed by atoms with Crippen molar-refractivity contribution in [3.05, 3.63) is 61.1 Å². The molecule has 0 fully saturated rings. The van der Waals surface area contributed by atoms with Gasteiger partial charge in [0, 0.05) is 22.6 Å². The van der Waals surface area contributed by atoms with Gasteiger partial charge in [-0.15, -0.1) is 0 Å². The van der Waals surface area contributed by atoms with E-state index in [0.29, 0.717) is 51.8 Å². The molecule has 1 aliphatic carbocycles. The van der Waals surface area contributed by atoms with Gasteiger partial charge in [0.2, 0.25) is 5.91 Å². The minimum Gasteiger partial charge on any atom is -0.458 e. The Balaban J connectivity index is 1.65. The number of aliphatic hydroxyl groups excluding tert-OH is 1. The number of carbonyl (C=O) groups excluding carboxylic acids is 2. The molecule has 9 nitrogen and oxygen atoms in total. The third kappa shape index (κ3) is 3.22. The minimum atomic E-state index is -1.98. The van der Waals surface area contributed by atoms with Crippen molar-refractivity contribution < 1.29 is 28.9 Å². The molecule has 2 aliphatic heterocycles. The summed E-state index contributed by atoms with van der Waals surface area (Å²) in [5.41, 5.74) is 0.932. The molecule has 0 spiro atoms. The second-order valence-corrected chi connectivity index (χ2v) is 10.2. The van der Waals surface area contributed by atoms with Crippen LogP contribution in [0.1, 0.15) is 60.5 Å². The molecule has 6 rings (SSSR count). The zero-order valence-corrected chi connectivity index (χ0v) is 20.8. The molecule has 1 aromatic carbocycles. The number of pyridine rings is 2. The molecule has 1 amide bonds. The summed E-state index contributed by atoms with van der Waals surface area (Å²) in [6.07, 6.45) is -0.444. The first-order valence-electron chi connectivity index (χ1n) is 12.1. The Kier molecular flexibility index (Phi) is 5.24. The van der Waals surface area contributed by atoms with Gasteiger partial charge in [0.05, 0.1) is 40.1 Å². The SMILES string of the molecule is CC[C@@]1(O)C(=O)OCc2c1cc1n(c2=O)Cc2c-1nc1cc(F)c(Cl)c3c1c2C(NC(=O)[C@@H](C)O)CC3. The van der Waals surface area contributed by atoms with Gasteiger partial charge in [-0.05, 0) is 43.4 Å². The van der Waals surface area contributed by atoms with E-state index < -0.39 is 41.0 Å². The largest absolute Gasteiger partial charge is 0.458 e. The quantitative estimate of drug-likeness (QED) is 0.349. The molecule has 3 N–H and O–H groups in total. The van der Waals surface area contributed by atoms with Gasteiger partial charge in [0.1, 0.15) is 18.5 Å². The van der Waals surface area contributed by atoms with Crippen molar-refractivity contribution in [2.24, 2.45) is 0 Å². The molecule has 0 saturated carbocycles. The highest BCUT2D eigenvalue weighted by molar-refractivity contribution is 6.32. The van der Waals surface area contributed by atoms with Crippen molar-refractivity contribution in [1.82, 2.24) is 14.9 Å². The maximum absolute atomic E-state index is 14.8. The van der Waals surface area contributed by atoms with Crippen LogP contribution in [0, 0.1) is 5.82 Å². The molecule has 0 radical (unpaired) electrons. The topological polar surface area (TPSA) is 131 Å². The summed E-state index contributed by atoms with van der Waals surface area (Å²) >= 11 is 6.34. The van der Waals surface area contributed by atoms with Gasteiger partial charge in [-0.3, -0.25) is 9.59 Å². The predicted molar refractivity (Wildman–Crippen MR) is 130 cm³/mol. The Hall–Kier alpha value is -3.34. The number of aliphatic hydroxyl groups is 2. The molecule has 4 heterocycles. The lowest BCUT2D eigenvalue weighted by atomic mass is 9.83. The number of amides is 1. The number of fused-ring (bicyclic) bond motifs is 5. The number of ether oxygens (including phenoxy) is 1. The van der Waals surface area contributed by atoms with Crippen molar-refractivity contribution in [3.8, 4) is 11.4 Å². The number of aryl methyl sites for hydroxylation is 1. The molecular formula is C26H23ClFN3O6. The number of carbonyl (C=O) groups is 2. The fourth-order valence-corrected chi connectivity index (χ4v) is 6.03. The number of aromatic nitrogens is 2. The van der Waals surface area contributed by atoms with Gasteiger partial charge >= 0.3 is 5.97 Å². The summed E-state index contributed by atoms with van der Waals surface area (Å²) in [5, 5.41) is 24.4. The average molecular weight is 528 g/mol. The Morgan fingerprint density at radius 3 is 2.81 bits per heavy atom. The number of hydrogen-bond acceptors (Lipinski definition) is 7. The van der Waals surface area contributed by atoms with Crippen LogP contribution in [0.3, 0.4) is 0 Å². The van der Waals surface area contributed by atoms with Crippen LogP contribution in [-0.4, -0.2) is 37.7 Å². The maximum atomic E-state index is 14.8. The van der Waals surface area contributed by atoms with Crippen LogP contribution in [0.2, 0.25) is 5.02 Å². The van der Waals surface area contributed by atoms with E-state index in [-0.39, 0.29) is 35.7 Å². The smallest absolute Gasteiger partial charge is 0.343 e. The van der Waals surface area contributed by atoms with E-state index in [9.17, 15) is 29.0 Å².